The first-order chi connectivity index (χ1) is 10.1. The van der Waals surface area contributed by atoms with Crippen molar-refractivity contribution >= 4 is 29.2 Å². The molecule has 0 aromatic carbocycles. The molecule has 2 aromatic rings. The first-order valence-corrected chi connectivity index (χ1v) is 6.66. The summed E-state index contributed by atoms with van der Waals surface area (Å²) in [5, 5.41) is 15.1. The lowest BCUT2D eigenvalue weighted by Crippen LogP contribution is -2.10. The molecule has 0 aliphatic carbocycles. The summed E-state index contributed by atoms with van der Waals surface area (Å²) in [5.41, 5.74) is 6.15. The number of nitrogens with zero attached hydrogens (tertiary/aromatic N) is 4. The van der Waals surface area contributed by atoms with Gasteiger partial charge >= 0.3 is 5.97 Å². The third kappa shape index (κ3) is 3.05. The van der Waals surface area contributed by atoms with Crippen LogP contribution in [0.1, 0.15) is 23.7 Å². The van der Waals surface area contributed by atoms with Crippen LogP contribution in [0.2, 0.25) is 5.15 Å². The van der Waals surface area contributed by atoms with Crippen molar-refractivity contribution in [2.45, 2.75) is 13.3 Å². The molecule has 0 radical (unpaired) electrons. The van der Waals surface area contributed by atoms with Gasteiger partial charge in [-0.2, -0.15) is 4.68 Å². The van der Waals surface area contributed by atoms with Gasteiger partial charge in [-0.3, -0.25) is 0 Å². The van der Waals surface area contributed by atoms with Crippen molar-refractivity contribution in [2.24, 2.45) is 0 Å². The molecule has 2 aromatic heterocycles. The topological polar surface area (TPSA) is 108 Å². The Kier molecular flexibility index (Phi) is 4.59. The minimum atomic E-state index is -0.570. The van der Waals surface area contributed by atoms with Crippen LogP contribution in [0.25, 0.3) is 5.82 Å². The number of esters is 1. The quantitative estimate of drug-likeness (QED) is 0.806. The molecule has 0 aliphatic rings. The maximum absolute atomic E-state index is 11.9. The highest BCUT2D eigenvalue weighted by atomic mass is 35.5. The Morgan fingerprint density at radius 3 is 2.81 bits per heavy atom. The second-order valence-corrected chi connectivity index (χ2v) is 4.54. The van der Waals surface area contributed by atoms with Crippen LogP contribution in [-0.4, -0.2) is 39.6 Å². The number of carbonyl (C=O) groups excluding carboxylic acids is 1. The number of ether oxygens (including phenoxy) is 1. The number of hydrogen-bond donors (Lipinski definition) is 2. The summed E-state index contributed by atoms with van der Waals surface area (Å²) in [7, 11) is 1.28. The van der Waals surface area contributed by atoms with Crippen molar-refractivity contribution in [1.82, 2.24) is 20.0 Å². The van der Waals surface area contributed by atoms with E-state index < -0.39 is 5.97 Å². The molecule has 8 nitrogen and oxygen atoms in total. The molecule has 21 heavy (non-hydrogen) atoms. The number of nitrogen functional groups attached to an aromatic ring is 1. The molecule has 0 aliphatic heterocycles. The predicted molar refractivity (Wildman–Crippen MR) is 78.7 cm³/mol. The van der Waals surface area contributed by atoms with E-state index in [4.69, 9.17) is 22.1 Å². The molecular weight excluding hydrogens is 296 g/mol. The number of methoxy groups -OCH3 is 1. The fourth-order valence-corrected chi connectivity index (χ4v) is 1.80. The molecule has 0 fully saturated rings. The number of anilines is 2. The Balaban J connectivity index is 2.49. The Bertz CT molecular complexity index is 640. The predicted octanol–water partition coefficient (Wildman–Crippen LogP) is 1.51. The highest BCUT2D eigenvalue weighted by molar-refractivity contribution is 6.29. The fraction of sp³-hybridized carbons (Fsp3) is 0.333. The molecule has 0 amide bonds. The van der Waals surface area contributed by atoms with Gasteiger partial charge in [0.15, 0.2) is 16.8 Å². The monoisotopic (exact) mass is 310 g/mol. The van der Waals surface area contributed by atoms with Gasteiger partial charge in [0.05, 0.1) is 7.11 Å². The Morgan fingerprint density at radius 2 is 2.24 bits per heavy atom. The molecule has 112 valence electrons. The fourth-order valence-electron chi connectivity index (χ4n) is 1.70. The highest BCUT2D eigenvalue weighted by Gasteiger charge is 2.24. The third-order valence-electron chi connectivity index (χ3n) is 2.69. The van der Waals surface area contributed by atoms with E-state index in [0.29, 0.717) is 18.2 Å². The molecule has 9 heteroatoms. The Morgan fingerprint density at radius 1 is 1.48 bits per heavy atom. The zero-order chi connectivity index (χ0) is 15.4. The van der Waals surface area contributed by atoms with Crippen LogP contribution in [-0.2, 0) is 4.74 Å². The number of carbonyl (C=O) groups is 1. The van der Waals surface area contributed by atoms with E-state index in [-0.39, 0.29) is 16.5 Å². The molecule has 0 spiro atoms. The summed E-state index contributed by atoms with van der Waals surface area (Å²) < 4.78 is 6.05. The van der Waals surface area contributed by atoms with Gasteiger partial charge < -0.3 is 15.8 Å². The molecular formula is C12H15ClN6O2. The summed E-state index contributed by atoms with van der Waals surface area (Å²) in [6.07, 6.45) is 0.869. The van der Waals surface area contributed by atoms with Gasteiger partial charge in [-0.15, -0.1) is 15.3 Å². The summed E-state index contributed by atoms with van der Waals surface area (Å²) in [6.45, 7) is 2.64. The number of nitrogens with two attached hydrogens (primary N) is 1. The Hall–Kier alpha value is -2.35. The smallest absolute Gasteiger partial charge is 0.345 e. The van der Waals surface area contributed by atoms with Gasteiger partial charge in [0.1, 0.15) is 11.4 Å². The second-order valence-electron chi connectivity index (χ2n) is 4.15. The molecule has 0 saturated carbocycles. The van der Waals surface area contributed by atoms with Gasteiger partial charge in [-0.25, -0.2) is 4.79 Å². The molecule has 2 rings (SSSR count). The minimum absolute atomic E-state index is 0.122. The number of aromatic nitrogens is 4. The van der Waals surface area contributed by atoms with Gasteiger partial charge in [-0.1, -0.05) is 18.5 Å². The van der Waals surface area contributed by atoms with Crippen molar-refractivity contribution in [3.05, 3.63) is 22.8 Å². The van der Waals surface area contributed by atoms with Crippen LogP contribution in [0.4, 0.5) is 11.6 Å². The lowest BCUT2D eigenvalue weighted by atomic mass is 10.3. The maximum Gasteiger partial charge on any atom is 0.345 e. The SMILES string of the molecule is CCCNc1nn(-c2ccc(Cl)nn2)c(N)c1C(=O)OC. The first-order valence-electron chi connectivity index (χ1n) is 6.28. The van der Waals surface area contributed by atoms with Crippen molar-refractivity contribution < 1.29 is 9.53 Å². The number of halogens is 1. The second kappa shape index (κ2) is 6.40. The van der Waals surface area contributed by atoms with E-state index in [0.717, 1.165) is 6.42 Å². The first kappa shape index (κ1) is 15.0. The number of nitrogens with one attached hydrogen (secondary N) is 1. The Labute approximate surface area is 126 Å². The van der Waals surface area contributed by atoms with Gasteiger partial charge in [0.25, 0.3) is 0 Å². The summed E-state index contributed by atoms with van der Waals surface area (Å²) in [5.74, 6) is 0.251. The molecule has 0 unspecified atom stereocenters. The van der Waals surface area contributed by atoms with Crippen molar-refractivity contribution in [1.29, 1.82) is 0 Å². The lowest BCUT2D eigenvalue weighted by Gasteiger charge is -2.03. The van der Waals surface area contributed by atoms with Crippen LogP contribution in [0, 0.1) is 0 Å². The van der Waals surface area contributed by atoms with E-state index >= 15 is 0 Å². The number of hydrogen-bond acceptors (Lipinski definition) is 7. The lowest BCUT2D eigenvalue weighted by molar-refractivity contribution is 0.0603. The average molecular weight is 311 g/mol. The van der Waals surface area contributed by atoms with Crippen LogP contribution in [0.15, 0.2) is 12.1 Å². The highest BCUT2D eigenvalue weighted by Crippen LogP contribution is 2.25. The van der Waals surface area contributed by atoms with E-state index in [2.05, 4.69) is 20.6 Å². The normalized spacial score (nSPS) is 10.4. The van der Waals surface area contributed by atoms with E-state index in [1.165, 1.54) is 11.8 Å². The van der Waals surface area contributed by atoms with E-state index in [1.54, 1.807) is 12.1 Å². The van der Waals surface area contributed by atoms with Crippen molar-refractivity contribution in [3.8, 4) is 5.82 Å². The molecule has 0 bridgehead atoms. The van der Waals surface area contributed by atoms with Crippen molar-refractivity contribution in [3.63, 3.8) is 0 Å². The summed E-state index contributed by atoms with van der Waals surface area (Å²) >= 11 is 5.70. The minimum Gasteiger partial charge on any atom is -0.465 e. The van der Waals surface area contributed by atoms with Crippen LogP contribution >= 0.6 is 11.6 Å². The molecule has 3 N–H and O–H groups in total. The zero-order valence-corrected chi connectivity index (χ0v) is 12.4. The third-order valence-corrected chi connectivity index (χ3v) is 2.89. The number of rotatable bonds is 5. The van der Waals surface area contributed by atoms with E-state index in [9.17, 15) is 4.79 Å². The molecule has 2 heterocycles. The van der Waals surface area contributed by atoms with Crippen molar-refractivity contribution in [2.75, 3.05) is 24.7 Å². The van der Waals surface area contributed by atoms with Gasteiger partial charge in [0.2, 0.25) is 0 Å². The van der Waals surface area contributed by atoms with Crippen LogP contribution < -0.4 is 11.1 Å². The largest absolute Gasteiger partial charge is 0.465 e. The standard InChI is InChI=1S/C12H15ClN6O2/c1-3-6-15-11-9(12(20)21-2)10(14)19(18-11)8-5-4-7(13)16-17-8/h4-5H,3,6,14H2,1-2H3,(H,15,18). The average Bonchev–Trinajstić information content (AvgIpc) is 2.82. The maximum atomic E-state index is 11.9. The van der Waals surface area contributed by atoms with Gasteiger partial charge in [0, 0.05) is 6.54 Å². The van der Waals surface area contributed by atoms with E-state index in [1.807, 2.05) is 6.92 Å². The summed E-state index contributed by atoms with van der Waals surface area (Å²) in [4.78, 5) is 11.9. The molecule has 0 saturated heterocycles. The zero-order valence-electron chi connectivity index (χ0n) is 11.6. The van der Waals surface area contributed by atoms with Crippen LogP contribution in [0.5, 0.6) is 0 Å². The summed E-state index contributed by atoms with van der Waals surface area (Å²) in [6, 6.07) is 3.16. The molecule has 0 atom stereocenters. The van der Waals surface area contributed by atoms with Gasteiger partial charge in [-0.05, 0) is 18.6 Å². The van der Waals surface area contributed by atoms with Crippen LogP contribution in [0.3, 0.4) is 0 Å².